The van der Waals surface area contributed by atoms with Crippen LogP contribution in [0.3, 0.4) is 0 Å². The minimum atomic E-state index is -0.918. The van der Waals surface area contributed by atoms with Crippen LogP contribution in [-0.2, 0) is 14.3 Å². The van der Waals surface area contributed by atoms with Crippen molar-refractivity contribution in [2.24, 2.45) is 5.92 Å². The van der Waals surface area contributed by atoms with Gasteiger partial charge in [-0.3, -0.25) is 14.4 Å². The summed E-state index contributed by atoms with van der Waals surface area (Å²) < 4.78 is 16.8. The van der Waals surface area contributed by atoms with Gasteiger partial charge in [-0.05, 0) is 55.7 Å². The van der Waals surface area contributed by atoms with Crippen LogP contribution in [0.5, 0.6) is 11.5 Å². The molecule has 0 aliphatic heterocycles. The van der Waals surface area contributed by atoms with Crippen LogP contribution in [0.1, 0.15) is 42.5 Å². The summed E-state index contributed by atoms with van der Waals surface area (Å²) in [5, 5.41) is 23.4. The number of Topliss-reactive ketones (excluding diaryl/α,β-unsaturated/α-hetero) is 1. The third-order valence-electron chi connectivity index (χ3n) is 6.99. The largest absolute Gasteiger partial charge is 0.491 e. The molecule has 43 heavy (non-hydrogen) atoms. The Morgan fingerprint density at radius 1 is 0.907 bits per heavy atom. The number of benzene rings is 3. The van der Waals surface area contributed by atoms with E-state index in [1.54, 1.807) is 60.7 Å². The maximum Gasteiger partial charge on any atom is 0.311 e. The summed E-state index contributed by atoms with van der Waals surface area (Å²) in [4.78, 5) is 37.4. The lowest BCUT2D eigenvalue weighted by Gasteiger charge is -2.23. The van der Waals surface area contributed by atoms with E-state index >= 15 is 0 Å². The lowest BCUT2D eigenvalue weighted by Crippen LogP contribution is -2.34. The summed E-state index contributed by atoms with van der Waals surface area (Å²) in [6.45, 7) is -0.0279. The molecular formula is C34H37NO8. The summed E-state index contributed by atoms with van der Waals surface area (Å²) in [5.41, 5.74) is 0.892. The lowest BCUT2D eigenvalue weighted by atomic mass is 9.98. The van der Waals surface area contributed by atoms with E-state index in [2.05, 4.69) is 5.32 Å². The Labute approximate surface area is 251 Å². The predicted molar refractivity (Wildman–Crippen MR) is 161 cm³/mol. The fourth-order valence-corrected chi connectivity index (χ4v) is 4.79. The standard InChI is InChI=1S/C34H37NO8/c36-25(22-41-26-15-7-4-8-16-26)23-42-33-27(29(37)21-30(33)38)17-9-1-2-10-20-32(39)43-31-19-12-11-18-28(31)35-34(40)24-13-5-3-6-14-24/h1-8,11-16,18-19,25,27,30,33,36,38H,9-10,17,20-23H2,(H,35,40). The van der Waals surface area contributed by atoms with E-state index in [1.807, 2.05) is 36.4 Å². The van der Waals surface area contributed by atoms with Gasteiger partial charge in [0.2, 0.25) is 0 Å². The van der Waals surface area contributed by atoms with E-state index in [0.29, 0.717) is 36.3 Å². The number of aliphatic hydroxyl groups excluding tert-OH is 2. The predicted octanol–water partition coefficient (Wildman–Crippen LogP) is 4.74. The second-order valence-corrected chi connectivity index (χ2v) is 10.3. The molecule has 0 bridgehead atoms. The Balaban J connectivity index is 1.17. The van der Waals surface area contributed by atoms with Crippen LogP contribution in [0.4, 0.5) is 5.69 Å². The van der Waals surface area contributed by atoms with Crippen LogP contribution in [0, 0.1) is 5.92 Å². The molecule has 3 N–H and O–H groups in total. The number of esters is 1. The summed E-state index contributed by atoms with van der Waals surface area (Å²) in [6, 6.07) is 24.6. The number of allylic oxidation sites excluding steroid dienone is 2. The first kappa shape index (κ1) is 31.6. The van der Waals surface area contributed by atoms with E-state index in [9.17, 15) is 24.6 Å². The number of rotatable bonds is 15. The van der Waals surface area contributed by atoms with Crippen LogP contribution in [0.25, 0.3) is 0 Å². The van der Waals surface area contributed by atoms with Crippen molar-refractivity contribution in [2.45, 2.75) is 50.4 Å². The van der Waals surface area contributed by atoms with Gasteiger partial charge in [0.15, 0.2) is 5.75 Å². The first-order valence-electron chi connectivity index (χ1n) is 14.4. The van der Waals surface area contributed by atoms with Crippen LogP contribution in [0.15, 0.2) is 97.1 Å². The van der Waals surface area contributed by atoms with Crippen molar-refractivity contribution in [2.75, 3.05) is 18.5 Å². The molecule has 1 aliphatic carbocycles. The van der Waals surface area contributed by atoms with Gasteiger partial charge in [-0.2, -0.15) is 0 Å². The number of para-hydroxylation sites is 3. The summed E-state index contributed by atoms with van der Waals surface area (Å²) >= 11 is 0. The molecular weight excluding hydrogens is 550 g/mol. The molecule has 0 heterocycles. The van der Waals surface area contributed by atoms with E-state index in [4.69, 9.17) is 14.2 Å². The van der Waals surface area contributed by atoms with Crippen LogP contribution in [0.2, 0.25) is 0 Å². The van der Waals surface area contributed by atoms with Crippen LogP contribution < -0.4 is 14.8 Å². The Bertz CT molecular complexity index is 1360. The minimum Gasteiger partial charge on any atom is -0.491 e. The first-order chi connectivity index (χ1) is 20.9. The van der Waals surface area contributed by atoms with Crippen molar-refractivity contribution >= 4 is 23.3 Å². The number of ketones is 1. The van der Waals surface area contributed by atoms with Gasteiger partial charge >= 0.3 is 5.97 Å². The van der Waals surface area contributed by atoms with E-state index in [0.717, 1.165) is 0 Å². The Hall–Kier alpha value is -4.31. The van der Waals surface area contributed by atoms with Gasteiger partial charge in [-0.25, -0.2) is 0 Å². The molecule has 226 valence electrons. The highest BCUT2D eigenvalue weighted by Gasteiger charge is 2.42. The maximum atomic E-state index is 12.5. The summed E-state index contributed by atoms with van der Waals surface area (Å²) in [6.07, 6.45) is 2.85. The fourth-order valence-electron chi connectivity index (χ4n) is 4.79. The molecule has 4 atom stereocenters. The number of carbonyl (C=O) groups is 3. The molecule has 3 aromatic carbocycles. The number of hydrogen-bond acceptors (Lipinski definition) is 8. The molecule has 9 nitrogen and oxygen atoms in total. The van der Waals surface area contributed by atoms with Crippen molar-refractivity contribution in [1.82, 2.24) is 0 Å². The van der Waals surface area contributed by atoms with Crippen molar-refractivity contribution in [1.29, 1.82) is 0 Å². The normalized spacial score (nSPS) is 18.8. The molecule has 0 aromatic heterocycles. The smallest absolute Gasteiger partial charge is 0.311 e. The Kier molecular flexibility index (Phi) is 12.0. The number of amides is 1. The second-order valence-electron chi connectivity index (χ2n) is 10.3. The number of ether oxygens (including phenoxy) is 3. The topological polar surface area (TPSA) is 131 Å². The highest BCUT2D eigenvalue weighted by atomic mass is 16.5. The summed E-state index contributed by atoms with van der Waals surface area (Å²) in [5.74, 6) is -0.392. The molecule has 9 heteroatoms. The molecule has 0 radical (unpaired) electrons. The lowest BCUT2D eigenvalue weighted by molar-refractivity contribution is -0.134. The molecule has 1 aliphatic rings. The Morgan fingerprint density at radius 2 is 1.58 bits per heavy atom. The summed E-state index contributed by atoms with van der Waals surface area (Å²) in [7, 11) is 0. The van der Waals surface area contributed by atoms with E-state index in [1.165, 1.54) is 0 Å². The quantitative estimate of drug-likeness (QED) is 0.132. The van der Waals surface area contributed by atoms with Gasteiger partial charge < -0.3 is 29.7 Å². The molecule has 0 saturated heterocycles. The molecule has 4 unspecified atom stereocenters. The van der Waals surface area contributed by atoms with E-state index < -0.39 is 30.2 Å². The van der Waals surface area contributed by atoms with Crippen molar-refractivity contribution in [3.05, 3.63) is 103 Å². The maximum absolute atomic E-state index is 12.5. The van der Waals surface area contributed by atoms with Gasteiger partial charge in [-0.15, -0.1) is 0 Å². The highest BCUT2D eigenvalue weighted by molar-refractivity contribution is 6.05. The third kappa shape index (κ3) is 9.89. The number of anilines is 1. The number of hydrogen-bond donors (Lipinski definition) is 3. The third-order valence-corrected chi connectivity index (χ3v) is 6.99. The van der Waals surface area contributed by atoms with Crippen molar-refractivity contribution in [3.8, 4) is 11.5 Å². The van der Waals surface area contributed by atoms with E-state index in [-0.39, 0.29) is 43.5 Å². The van der Waals surface area contributed by atoms with Crippen molar-refractivity contribution < 1.29 is 38.8 Å². The SMILES string of the molecule is O=C(CCC=CCCC1C(=O)CC(O)C1OCC(O)COc1ccccc1)Oc1ccccc1NC(=O)c1ccccc1. The zero-order valence-electron chi connectivity index (χ0n) is 23.8. The Morgan fingerprint density at radius 3 is 2.35 bits per heavy atom. The zero-order chi connectivity index (χ0) is 30.4. The molecule has 1 saturated carbocycles. The molecule has 3 aromatic rings. The molecule has 1 amide bonds. The molecule has 1 fully saturated rings. The van der Waals surface area contributed by atoms with Gasteiger partial charge in [0, 0.05) is 24.3 Å². The van der Waals surface area contributed by atoms with Crippen LogP contribution >= 0.6 is 0 Å². The van der Waals surface area contributed by atoms with Crippen LogP contribution in [-0.4, -0.2) is 59.4 Å². The highest BCUT2D eigenvalue weighted by Crippen LogP contribution is 2.30. The van der Waals surface area contributed by atoms with Crippen molar-refractivity contribution in [3.63, 3.8) is 0 Å². The average molecular weight is 588 g/mol. The fraction of sp³-hybridized carbons (Fsp3) is 0.324. The first-order valence-corrected chi connectivity index (χ1v) is 14.4. The average Bonchev–Trinajstić information content (AvgIpc) is 3.29. The van der Waals surface area contributed by atoms with Gasteiger partial charge in [-0.1, -0.05) is 60.7 Å². The zero-order valence-corrected chi connectivity index (χ0v) is 23.8. The number of nitrogens with one attached hydrogen (secondary N) is 1. The second kappa shape index (κ2) is 16.4. The molecule has 4 rings (SSSR count). The minimum absolute atomic E-state index is 0.0226. The molecule has 0 spiro atoms. The number of aliphatic hydroxyl groups is 2. The number of carbonyl (C=O) groups excluding carboxylic acids is 3. The monoisotopic (exact) mass is 587 g/mol. The van der Waals surface area contributed by atoms with Gasteiger partial charge in [0.1, 0.15) is 24.2 Å². The van der Waals surface area contributed by atoms with Gasteiger partial charge in [0.25, 0.3) is 5.91 Å². The van der Waals surface area contributed by atoms with Gasteiger partial charge in [0.05, 0.1) is 24.5 Å².